The Kier molecular flexibility index (Phi) is 5.90. The quantitative estimate of drug-likeness (QED) is 0.501. The molecule has 0 radical (unpaired) electrons. The van der Waals surface area contributed by atoms with E-state index in [2.05, 4.69) is 63.4 Å². The largest absolute Gasteiger partial charge is 0.305 e. The first-order chi connectivity index (χ1) is 15.8. The Morgan fingerprint density at radius 1 is 0.875 bits per heavy atom. The molecule has 160 valence electrons. The Bertz CT molecular complexity index is 1180. The summed E-state index contributed by atoms with van der Waals surface area (Å²) < 4.78 is 0. The number of nitrogens with zero attached hydrogens (tertiary/aromatic N) is 3. The van der Waals surface area contributed by atoms with E-state index in [0.29, 0.717) is 17.9 Å². The zero-order valence-corrected chi connectivity index (χ0v) is 17.9. The highest BCUT2D eigenvalue weighted by Gasteiger charge is 2.28. The van der Waals surface area contributed by atoms with Gasteiger partial charge in [-0.3, -0.25) is 14.7 Å². The lowest BCUT2D eigenvalue weighted by Gasteiger charge is -2.35. The number of H-pyrrole nitrogens is 1. The van der Waals surface area contributed by atoms with Crippen LogP contribution in [0.1, 0.15) is 28.8 Å². The zero-order valence-electron chi connectivity index (χ0n) is 17.9. The van der Waals surface area contributed by atoms with E-state index in [-0.39, 0.29) is 11.6 Å². The van der Waals surface area contributed by atoms with Gasteiger partial charge in [0.05, 0.1) is 5.69 Å². The Hall–Kier alpha value is -3.57. The van der Waals surface area contributed by atoms with Crippen LogP contribution in [0.15, 0.2) is 89.9 Å². The molecule has 2 aromatic carbocycles. The van der Waals surface area contributed by atoms with Crippen molar-refractivity contribution in [3.8, 4) is 11.5 Å². The maximum atomic E-state index is 13.0. The summed E-state index contributed by atoms with van der Waals surface area (Å²) in [5.41, 5.74) is 4.94. The average Bonchev–Trinajstić information content (AvgIpc) is 2.85. The van der Waals surface area contributed by atoms with Gasteiger partial charge in [0.15, 0.2) is 5.82 Å². The molecule has 5 nitrogen and oxygen atoms in total. The van der Waals surface area contributed by atoms with Crippen LogP contribution in [0.25, 0.3) is 11.5 Å². The molecule has 2 heterocycles. The molecule has 0 saturated carbocycles. The molecule has 0 saturated heterocycles. The molecule has 2 aromatic heterocycles. The maximum absolute atomic E-state index is 13.0. The van der Waals surface area contributed by atoms with E-state index in [0.717, 1.165) is 37.2 Å². The van der Waals surface area contributed by atoms with E-state index in [1.165, 1.54) is 11.1 Å². The van der Waals surface area contributed by atoms with Crippen molar-refractivity contribution in [1.82, 2.24) is 19.9 Å². The normalized spacial score (nSPS) is 15.5. The number of rotatable bonds is 6. The number of benzene rings is 2. The van der Waals surface area contributed by atoms with Gasteiger partial charge < -0.3 is 4.98 Å². The number of aromatic nitrogens is 3. The lowest BCUT2D eigenvalue weighted by Crippen LogP contribution is -2.40. The fraction of sp³-hybridized carbons (Fsp3) is 0.222. The van der Waals surface area contributed by atoms with E-state index in [4.69, 9.17) is 4.98 Å². The summed E-state index contributed by atoms with van der Waals surface area (Å²) in [5.74, 6) is 0.554. The summed E-state index contributed by atoms with van der Waals surface area (Å²) in [5, 5.41) is 0. The second-order valence-electron chi connectivity index (χ2n) is 8.33. The number of hydrogen-bond acceptors (Lipinski definition) is 4. The van der Waals surface area contributed by atoms with Gasteiger partial charge in [0.25, 0.3) is 5.56 Å². The first-order valence-corrected chi connectivity index (χ1v) is 11.1. The van der Waals surface area contributed by atoms with Gasteiger partial charge in [-0.2, -0.15) is 0 Å². The fourth-order valence-electron chi connectivity index (χ4n) is 4.49. The van der Waals surface area contributed by atoms with Gasteiger partial charge >= 0.3 is 0 Å². The van der Waals surface area contributed by atoms with Crippen molar-refractivity contribution in [1.29, 1.82) is 0 Å². The van der Waals surface area contributed by atoms with Gasteiger partial charge in [0.1, 0.15) is 5.69 Å². The number of aryl methyl sites for hydroxylation is 1. The van der Waals surface area contributed by atoms with E-state index >= 15 is 0 Å². The van der Waals surface area contributed by atoms with Crippen LogP contribution < -0.4 is 5.56 Å². The van der Waals surface area contributed by atoms with Crippen molar-refractivity contribution in [3.05, 3.63) is 118 Å². The van der Waals surface area contributed by atoms with E-state index in [1.807, 2.05) is 30.3 Å². The Morgan fingerprint density at radius 3 is 2.16 bits per heavy atom. The molecule has 4 aromatic rings. The number of fused-ring (bicyclic) bond motifs is 1. The summed E-state index contributed by atoms with van der Waals surface area (Å²) in [6.07, 6.45) is 4.20. The number of pyridine rings is 1. The van der Waals surface area contributed by atoms with Crippen molar-refractivity contribution >= 4 is 0 Å². The molecule has 1 N–H and O–H groups in total. The lowest BCUT2D eigenvalue weighted by atomic mass is 9.90. The summed E-state index contributed by atoms with van der Waals surface area (Å²) in [4.78, 5) is 27.6. The Labute approximate surface area is 187 Å². The predicted molar refractivity (Wildman–Crippen MR) is 126 cm³/mol. The lowest BCUT2D eigenvalue weighted by molar-refractivity contribution is 0.161. The molecule has 1 aliphatic rings. The summed E-state index contributed by atoms with van der Waals surface area (Å²) in [6.45, 7) is 1.71. The molecule has 0 amide bonds. The van der Waals surface area contributed by atoms with Crippen LogP contribution in [0.2, 0.25) is 0 Å². The molecule has 0 aliphatic heterocycles. The molecule has 32 heavy (non-hydrogen) atoms. The van der Waals surface area contributed by atoms with Crippen LogP contribution in [-0.2, 0) is 25.9 Å². The van der Waals surface area contributed by atoms with Crippen molar-refractivity contribution < 1.29 is 0 Å². The van der Waals surface area contributed by atoms with Crippen LogP contribution in [-0.4, -0.2) is 25.9 Å². The number of nitrogens with one attached hydrogen (secondary N) is 1. The van der Waals surface area contributed by atoms with Gasteiger partial charge in [-0.05, 0) is 42.5 Å². The zero-order chi connectivity index (χ0) is 21.8. The summed E-state index contributed by atoms with van der Waals surface area (Å²) in [6, 6.07) is 27.0. The van der Waals surface area contributed by atoms with Crippen molar-refractivity contribution in [3.63, 3.8) is 0 Å². The highest BCUT2D eigenvalue weighted by atomic mass is 16.1. The average molecular weight is 423 g/mol. The first kappa shape index (κ1) is 20.3. The maximum Gasteiger partial charge on any atom is 0.254 e. The minimum absolute atomic E-state index is 0.0419. The van der Waals surface area contributed by atoms with Crippen LogP contribution in [0.3, 0.4) is 0 Å². The van der Waals surface area contributed by atoms with Crippen molar-refractivity contribution in [2.75, 3.05) is 0 Å². The third-order valence-corrected chi connectivity index (χ3v) is 6.14. The SMILES string of the molecule is O=c1[nH]c(-c2ccccn2)nc2c1CC(N(Cc1ccccc1)Cc1ccccc1)CC2. The highest BCUT2D eigenvalue weighted by Crippen LogP contribution is 2.25. The monoisotopic (exact) mass is 422 g/mol. The topological polar surface area (TPSA) is 61.9 Å². The van der Waals surface area contributed by atoms with Crippen LogP contribution in [0.5, 0.6) is 0 Å². The predicted octanol–water partition coefficient (Wildman–Crippen LogP) is 4.39. The molecular formula is C27H26N4O. The van der Waals surface area contributed by atoms with E-state index < -0.39 is 0 Å². The highest BCUT2D eigenvalue weighted by molar-refractivity contribution is 5.49. The standard InChI is InChI=1S/C27H26N4O/c32-27-23-17-22(14-15-24(23)29-26(30-27)25-13-7-8-16-28-25)31(18-20-9-3-1-4-10-20)19-21-11-5-2-6-12-21/h1-13,16,22H,14-15,17-19H2,(H,29,30,32). The first-order valence-electron chi connectivity index (χ1n) is 11.1. The third kappa shape index (κ3) is 4.53. The number of aromatic amines is 1. The second kappa shape index (κ2) is 9.28. The van der Waals surface area contributed by atoms with Gasteiger partial charge in [-0.25, -0.2) is 4.98 Å². The molecule has 1 aliphatic carbocycles. The van der Waals surface area contributed by atoms with Gasteiger partial charge in [0, 0.05) is 30.9 Å². The Balaban J connectivity index is 1.42. The van der Waals surface area contributed by atoms with Crippen LogP contribution in [0, 0.1) is 0 Å². The smallest absolute Gasteiger partial charge is 0.254 e. The summed E-state index contributed by atoms with van der Waals surface area (Å²) in [7, 11) is 0. The molecular weight excluding hydrogens is 396 g/mol. The van der Waals surface area contributed by atoms with E-state index in [9.17, 15) is 4.79 Å². The van der Waals surface area contributed by atoms with Crippen molar-refractivity contribution in [2.24, 2.45) is 0 Å². The minimum atomic E-state index is -0.0419. The summed E-state index contributed by atoms with van der Waals surface area (Å²) >= 11 is 0. The molecule has 0 spiro atoms. The number of hydrogen-bond donors (Lipinski definition) is 1. The van der Waals surface area contributed by atoms with Gasteiger partial charge in [-0.1, -0.05) is 66.7 Å². The van der Waals surface area contributed by atoms with Gasteiger partial charge in [0.2, 0.25) is 0 Å². The van der Waals surface area contributed by atoms with Crippen LogP contribution in [0.4, 0.5) is 0 Å². The Morgan fingerprint density at radius 2 is 1.53 bits per heavy atom. The second-order valence-corrected chi connectivity index (χ2v) is 8.33. The molecule has 0 fully saturated rings. The molecule has 5 heteroatoms. The molecule has 0 bridgehead atoms. The molecule has 5 rings (SSSR count). The molecule has 1 atom stereocenters. The molecule has 1 unspecified atom stereocenters. The minimum Gasteiger partial charge on any atom is -0.305 e. The fourth-order valence-corrected chi connectivity index (χ4v) is 4.49. The third-order valence-electron chi connectivity index (χ3n) is 6.14. The van der Waals surface area contributed by atoms with Crippen LogP contribution >= 0.6 is 0 Å². The van der Waals surface area contributed by atoms with Crippen molar-refractivity contribution in [2.45, 2.75) is 38.4 Å². The van der Waals surface area contributed by atoms with Gasteiger partial charge in [-0.15, -0.1) is 0 Å². The van der Waals surface area contributed by atoms with E-state index in [1.54, 1.807) is 6.20 Å².